The summed E-state index contributed by atoms with van der Waals surface area (Å²) in [5.74, 6) is 0. The molecule has 3 heteroatoms. The molecule has 2 aliphatic rings. The van der Waals surface area contributed by atoms with Crippen molar-refractivity contribution < 1.29 is 9.84 Å². The molecule has 0 amide bonds. The number of ether oxygens (including phenoxy) is 1. The van der Waals surface area contributed by atoms with E-state index in [9.17, 15) is 0 Å². The van der Waals surface area contributed by atoms with Gasteiger partial charge in [-0.05, 0) is 39.5 Å². The molecule has 0 aromatic carbocycles. The highest BCUT2D eigenvalue weighted by Crippen LogP contribution is 2.53. The Morgan fingerprint density at radius 2 is 2.06 bits per heavy atom. The molecule has 2 N–H and O–H groups in total. The van der Waals surface area contributed by atoms with E-state index in [1.807, 2.05) is 0 Å². The SMILES string of the molecule is CCOC1CC(NC(C)CCO)C12CCCCC2. The van der Waals surface area contributed by atoms with Crippen LogP contribution < -0.4 is 5.32 Å². The van der Waals surface area contributed by atoms with E-state index in [-0.39, 0.29) is 6.61 Å². The van der Waals surface area contributed by atoms with Crippen molar-refractivity contribution in [2.75, 3.05) is 13.2 Å². The molecule has 106 valence electrons. The molecule has 0 radical (unpaired) electrons. The van der Waals surface area contributed by atoms with Crippen LogP contribution in [0.3, 0.4) is 0 Å². The molecular formula is C15H29NO2. The second-order valence-electron chi connectivity index (χ2n) is 6.11. The Labute approximate surface area is 111 Å². The van der Waals surface area contributed by atoms with Crippen LogP contribution in [-0.2, 0) is 4.74 Å². The summed E-state index contributed by atoms with van der Waals surface area (Å²) >= 11 is 0. The molecule has 2 aliphatic carbocycles. The van der Waals surface area contributed by atoms with Crippen LogP contribution in [0.4, 0.5) is 0 Å². The third-order valence-electron chi connectivity index (χ3n) is 4.99. The van der Waals surface area contributed by atoms with Crippen molar-refractivity contribution in [2.24, 2.45) is 5.41 Å². The van der Waals surface area contributed by atoms with Gasteiger partial charge in [0.2, 0.25) is 0 Å². The molecule has 2 saturated carbocycles. The largest absolute Gasteiger partial charge is 0.396 e. The summed E-state index contributed by atoms with van der Waals surface area (Å²) in [6, 6.07) is 1.03. The van der Waals surface area contributed by atoms with Crippen LogP contribution in [0.25, 0.3) is 0 Å². The van der Waals surface area contributed by atoms with Gasteiger partial charge in [-0.3, -0.25) is 0 Å². The average Bonchev–Trinajstić information content (AvgIpc) is 2.39. The van der Waals surface area contributed by atoms with Gasteiger partial charge in [-0.1, -0.05) is 19.3 Å². The van der Waals surface area contributed by atoms with Crippen LogP contribution in [0.1, 0.15) is 58.8 Å². The van der Waals surface area contributed by atoms with E-state index in [0.717, 1.165) is 19.4 Å². The minimum Gasteiger partial charge on any atom is -0.396 e. The Hall–Kier alpha value is -0.120. The molecule has 1 spiro atoms. The smallest absolute Gasteiger partial charge is 0.0661 e. The van der Waals surface area contributed by atoms with Crippen LogP contribution in [0, 0.1) is 5.41 Å². The van der Waals surface area contributed by atoms with E-state index in [0.29, 0.717) is 23.6 Å². The van der Waals surface area contributed by atoms with Gasteiger partial charge in [0.15, 0.2) is 0 Å². The molecule has 3 atom stereocenters. The summed E-state index contributed by atoms with van der Waals surface area (Å²) in [6.07, 6.45) is 9.23. The van der Waals surface area contributed by atoms with Crippen molar-refractivity contribution in [1.82, 2.24) is 5.32 Å². The molecule has 0 aromatic heterocycles. The molecule has 18 heavy (non-hydrogen) atoms. The monoisotopic (exact) mass is 255 g/mol. The molecule has 3 nitrogen and oxygen atoms in total. The zero-order chi connectivity index (χ0) is 13.0. The van der Waals surface area contributed by atoms with Crippen LogP contribution >= 0.6 is 0 Å². The van der Waals surface area contributed by atoms with Gasteiger partial charge in [-0.25, -0.2) is 0 Å². The van der Waals surface area contributed by atoms with Gasteiger partial charge < -0.3 is 15.2 Å². The molecule has 0 aromatic rings. The maximum Gasteiger partial charge on any atom is 0.0661 e. The Balaban J connectivity index is 1.94. The number of aliphatic hydroxyl groups excluding tert-OH is 1. The maximum atomic E-state index is 9.01. The third kappa shape index (κ3) is 2.73. The molecule has 2 fully saturated rings. The second-order valence-corrected chi connectivity index (χ2v) is 6.11. The average molecular weight is 255 g/mol. The Bertz CT molecular complexity index is 251. The number of aliphatic hydroxyl groups is 1. The second kappa shape index (κ2) is 6.36. The molecule has 0 saturated heterocycles. The van der Waals surface area contributed by atoms with Gasteiger partial charge in [0, 0.05) is 30.7 Å². The first kappa shape index (κ1) is 14.3. The van der Waals surface area contributed by atoms with Gasteiger partial charge in [-0.2, -0.15) is 0 Å². The Kier molecular flexibility index (Phi) is 5.05. The normalized spacial score (nSPS) is 32.2. The number of hydrogen-bond acceptors (Lipinski definition) is 3. The lowest BCUT2D eigenvalue weighted by Crippen LogP contribution is -2.65. The number of hydrogen-bond donors (Lipinski definition) is 2. The lowest BCUT2D eigenvalue weighted by Gasteiger charge is -2.58. The Morgan fingerprint density at radius 1 is 1.33 bits per heavy atom. The molecule has 0 heterocycles. The summed E-state index contributed by atoms with van der Waals surface area (Å²) in [4.78, 5) is 0. The van der Waals surface area contributed by atoms with Gasteiger partial charge >= 0.3 is 0 Å². The molecule has 0 bridgehead atoms. The van der Waals surface area contributed by atoms with Gasteiger partial charge in [0.25, 0.3) is 0 Å². The standard InChI is InChI=1S/C15H29NO2/c1-3-18-14-11-13(16-12(2)7-10-17)15(14)8-5-4-6-9-15/h12-14,16-17H,3-11H2,1-2H3. The zero-order valence-electron chi connectivity index (χ0n) is 12.0. The van der Waals surface area contributed by atoms with E-state index < -0.39 is 0 Å². The van der Waals surface area contributed by atoms with Crippen molar-refractivity contribution in [3.8, 4) is 0 Å². The fourth-order valence-corrected chi connectivity index (χ4v) is 3.92. The quantitative estimate of drug-likeness (QED) is 0.766. The highest BCUT2D eigenvalue weighted by molar-refractivity contribution is 5.09. The van der Waals surface area contributed by atoms with E-state index in [1.165, 1.54) is 32.1 Å². The summed E-state index contributed by atoms with van der Waals surface area (Å²) in [5, 5.41) is 12.7. The van der Waals surface area contributed by atoms with Crippen molar-refractivity contribution >= 4 is 0 Å². The number of nitrogens with one attached hydrogen (secondary N) is 1. The van der Waals surface area contributed by atoms with Crippen LogP contribution in [0.15, 0.2) is 0 Å². The summed E-state index contributed by atoms with van der Waals surface area (Å²) < 4.78 is 5.95. The number of rotatable bonds is 6. The minimum absolute atomic E-state index is 0.281. The van der Waals surface area contributed by atoms with Crippen LogP contribution in [0.5, 0.6) is 0 Å². The first-order valence-corrected chi connectivity index (χ1v) is 7.71. The molecule has 0 aliphatic heterocycles. The molecule has 3 unspecified atom stereocenters. The first-order valence-electron chi connectivity index (χ1n) is 7.71. The van der Waals surface area contributed by atoms with E-state index in [1.54, 1.807) is 0 Å². The minimum atomic E-state index is 0.281. The van der Waals surface area contributed by atoms with E-state index in [2.05, 4.69) is 19.2 Å². The molecular weight excluding hydrogens is 226 g/mol. The molecule has 2 rings (SSSR count). The van der Waals surface area contributed by atoms with Crippen molar-refractivity contribution in [1.29, 1.82) is 0 Å². The third-order valence-corrected chi connectivity index (χ3v) is 4.99. The first-order chi connectivity index (χ1) is 8.73. The van der Waals surface area contributed by atoms with Gasteiger partial charge in [-0.15, -0.1) is 0 Å². The summed E-state index contributed by atoms with van der Waals surface area (Å²) in [6.45, 7) is 5.40. The highest BCUT2D eigenvalue weighted by atomic mass is 16.5. The van der Waals surface area contributed by atoms with Crippen LogP contribution in [-0.4, -0.2) is 36.5 Å². The van der Waals surface area contributed by atoms with E-state index in [4.69, 9.17) is 9.84 Å². The lowest BCUT2D eigenvalue weighted by molar-refractivity contribution is -0.152. The zero-order valence-corrected chi connectivity index (χ0v) is 12.0. The predicted molar refractivity (Wildman–Crippen MR) is 73.6 cm³/mol. The fraction of sp³-hybridized carbons (Fsp3) is 1.00. The summed E-state index contributed by atoms with van der Waals surface area (Å²) in [5.41, 5.74) is 0.401. The Morgan fingerprint density at radius 3 is 2.67 bits per heavy atom. The van der Waals surface area contributed by atoms with Gasteiger partial charge in [0.05, 0.1) is 6.10 Å². The highest BCUT2D eigenvalue weighted by Gasteiger charge is 2.55. The van der Waals surface area contributed by atoms with Crippen molar-refractivity contribution in [2.45, 2.75) is 77.0 Å². The maximum absolute atomic E-state index is 9.01. The topological polar surface area (TPSA) is 41.5 Å². The fourth-order valence-electron chi connectivity index (χ4n) is 3.92. The van der Waals surface area contributed by atoms with Gasteiger partial charge in [0.1, 0.15) is 0 Å². The predicted octanol–water partition coefficient (Wildman–Crippen LogP) is 2.47. The van der Waals surface area contributed by atoms with Crippen molar-refractivity contribution in [3.05, 3.63) is 0 Å². The van der Waals surface area contributed by atoms with Crippen molar-refractivity contribution in [3.63, 3.8) is 0 Å². The van der Waals surface area contributed by atoms with Crippen LogP contribution in [0.2, 0.25) is 0 Å². The lowest BCUT2D eigenvalue weighted by atomic mass is 9.55. The van der Waals surface area contributed by atoms with E-state index >= 15 is 0 Å². The summed E-state index contributed by atoms with van der Waals surface area (Å²) in [7, 11) is 0.